The largest absolute Gasteiger partial charge is 0.338 e. The normalized spacial score (nSPS) is 18.8. The van der Waals surface area contributed by atoms with Crippen LogP contribution >= 0.6 is 11.8 Å². The number of aromatic amines is 1. The molecule has 1 aliphatic heterocycles. The molecular weight excluding hydrogens is 472 g/mol. The van der Waals surface area contributed by atoms with E-state index in [1.54, 1.807) is 0 Å². The van der Waals surface area contributed by atoms with Crippen LogP contribution in [0.15, 0.2) is 40.4 Å². The fourth-order valence-corrected chi connectivity index (χ4v) is 5.31. The van der Waals surface area contributed by atoms with Crippen molar-refractivity contribution in [1.82, 2.24) is 30.0 Å². The summed E-state index contributed by atoms with van der Waals surface area (Å²) < 4.78 is 0. The number of nitrogens with one attached hydrogen (secondary N) is 2. The van der Waals surface area contributed by atoms with E-state index in [-0.39, 0.29) is 0 Å². The number of aromatic nitrogens is 5. The van der Waals surface area contributed by atoms with Crippen LogP contribution < -0.4 is 10.2 Å². The van der Waals surface area contributed by atoms with Crippen molar-refractivity contribution < 1.29 is 4.79 Å². The van der Waals surface area contributed by atoms with Crippen LogP contribution in [0.5, 0.6) is 0 Å². The van der Waals surface area contributed by atoms with Gasteiger partial charge in [0.25, 0.3) is 0 Å². The monoisotopic (exact) mass is 504 g/mol. The first-order chi connectivity index (χ1) is 17.6. The lowest BCUT2D eigenvalue weighted by Crippen LogP contribution is -2.45. The Balaban J connectivity index is 1.20. The van der Waals surface area contributed by atoms with Crippen LogP contribution in [-0.2, 0) is 11.2 Å². The van der Waals surface area contributed by atoms with Gasteiger partial charge in [-0.05, 0) is 62.2 Å². The van der Waals surface area contributed by atoms with Gasteiger partial charge in [-0.2, -0.15) is 20.1 Å². The molecule has 0 spiro atoms. The van der Waals surface area contributed by atoms with Crippen LogP contribution in [0.1, 0.15) is 49.3 Å². The van der Waals surface area contributed by atoms with Crippen LogP contribution in [0.4, 0.5) is 17.7 Å². The van der Waals surface area contributed by atoms with Gasteiger partial charge in [0.15, 0.2) is 11.0 Å². The van der Waals surface area contributed by atoms with Gasteiger partial charge < -0.3 is 15.1 Å². The summed E-state index contributed by atoms with van der Waals surface area (Å²) in [6, 6.07) is 10.2. The van der Waals surface area contributed by atoms with E-state index < -0.39 is 0 Å². The van der Waals surface area contributed by atoms with Crippen LogP contribution in [0.25, 0.3) is 0 Å². The van der Waals surface area contributed by atoms with E-state index >= 15 is 0 Å². The second kappa shape index (κ2) is 10.2. The molecule has 2 N–H and O–H groups in total. The first kappa shape index (κ1) is 23.4. The molecule has 1 aromatic carbocycles. The molecule has 36 heavy (non-hydrogen) atoms. The molecule has 3 aromatic rings. The van der Waals surface area contributed by atoms with Gasteiger partial charge in [-0.15, -0.1) is 0 Å². The molecule has 0 unspecified atom stereocenters. The lowest BCUT2D eigenvalue weighted by molar-refractivity contribution is -0.119. The van der Waals surface area contributed by atoms with Crippen molar-refractivity contribution in [1.29, 1.82) is 0 Å². The maximum Gasteiger partial charge on any atom is 0.234 e. The third kappa shape index (κ3) is 5.54. The van der Waals surface area contributed by atoms with E-state index in [1.165, 1.54) is 36.7 Å². The zero-order chi connectivity index (χ0) is 24.5. The highest BCUT2D eigenvalue weighted by Crippen LogP contribution is 2.36. The quantitative estimate of drug-likeness (QED) is 0.447. The number of rotatable bonds is 9. The summed E-state index contributed by atoms with van der Waals surface area (Å²) in [7, 11) is 2.14. The summed E-state index contributed by atoms with van der Waals surface area (Å²) in [6.45, 7) is 3.70. The number of benzene rings is 1. The minimum absolute atomic E-state index is 0.294. The number of hydrogen-bond donors (Lipinski definition) is 2. The highest BCUT2D eigenvalue weighted by atomic mass is 32.2. The maximum atomic E-state index is 12.2. The Kier molecular flexibility index (Phi) is 6.62. The van der Waals surface area contributed by atoms with Crippen LogP contribution in [-0.4, -0.2) is 69.1 Å². The summed E-state index contributed by atoms with van der Waals surface area (Å²) in [6.07, 6.45) is 6.35. The van der Waals surface area contributed by atoms with Gasteiger partial charge in [-0.1, -0.05) is 18.6 Å². The Morgan fingerprint density at radius 1 is 1.06 bits per heavy atom. The van der Waals surface area contributed by atoms with Crippen molar-refractivity contribution >= 4 is 35.3 Å². The average Bonchev–Trinajstić information content (AvgIpc) is 3.60. The van der Waals surface area contributed by atoms with E-state index in [0.717, 1.165) is 55.3 Å². The number of likely N-dealkylation sites (N-methyl/N-ethyl adjacent to an activating group) is 1. The van der Waals surface area contributed by atoms with Crippen molar-refractivity contribution in [3.8, 4) is 0 Å². The van der Waals surface area contributed by atoms with Gasteiger partial charge in [0, 0.05) is 61.1 Å². The lowest BCUT2D eigenvalue weighted by Gasteiger charge is -2.32. The first-order valence-electron chi connectivity index (χ1n) is 12.9. The zero-order valence-corrected chi connectivity index (χ0v) is 21.4. The Bertz CT molecular complexity index is 1210. The number of piperazine rings is 1. The fraction of sp³-hybridized carbons (Fsp3) is 0.500. The van der Waals surface area contributed by atoms with E-state index in [9.17, 15) is 4.79 Å². The van der Waals surface area contributed by atoms with Crippen molar-refractivity contribution in [3.05, 3.63) is 41.6 Å². The average molecular weight is 505 g/mol. The lowest BCUT2D eigenvalue weighted by atomic mass is 9.83. The molecule has 9 nitrogen and oxygen atoms in total. The molecule has 0 bridgehead atoms. The molecule has 3 fully saturated rings. The molecule has 6 rings (SSSR count). The van der Waals surface area contributed by atoms with Crippen molar-refractivity contribution in [2.75, 3.05) is 43.4 Å². The topological polar surface area (TPSA) is 103 Å². The van der Waals surface area contributed by atoms with E-state index in [0.29, 0.717) is 41.1 Å². The molecule has 0 amide bonds. The SMILES string of the molecule is CN1CCN(c2nc(Nc3cc(C4CCC4)[nH]n3)nc(Sc3ccc(CC(=O)C4CC4)cc3)n2)CC1. The number of hydrogen-bond acceptors (Lipinski definition) is 9. The van der Waals surface area contributed by atoms with Gasteiger partial charge in [0.2, 0.25) is 11.9 Å². The zero-order valence-electron chi connectivity index (χ0n) is 20.6. The molecule has 3 aliphatic rings. The van der Waals surface area contributed by atoms with Gasteiger partial charge in [-0.3, -0.25) is 9.89 Å². The summed E-state index contributed by atoms with van der Waals surface area (Å²) in [5.74, 6) is 3.15. The van der Waals surface area contributed by atoms with Crippen LogP contribution in [0.3, 0.4) is 0 Å². The standard InChI is InChI=1S/C26H32N8OS/c1-33-11-13-34(14-12-33)25-28-24(27-23-16-21(31-32-23)18-3-2-4-18)29-26(30-25)36-20-9-5-17(6-10-20)15-22(35)19-7-8-19/h5-6,9-10,16,18-19H,2-4,7-8,11-15H2,1H3,(H2,27,28,29,30,31,32). The maximum absolute atomic E-state index is 12.2. The molecule has 10 heteroatoms. The van der Waals surface area contributed by atoms with Crippen molar-refractivity contribution in [2.45, 2.75) is 54.5 Å². The summed E-state index contributed by atoms with van der Waals surface area (Å²) in [5, 5.41) is 11.5. The minimum Gasteiger partial charge on any atom is -0.338 e. The summed E-state index contributed by atoms with van der Waals surface area (Å²) >= 11 is 1.51. The highest BCUT2D eigenvalue weighted by Gasteiger charge is 2.29. The molecule has 3 heterocycles. The number of ketones is 1. The Morgan fingerprint density at radius 2 is 1.83 bits per heavy atom. The third-order valence-corrected chi connectivity index (χ3v) is 8.19. The van der Waals surface area contributed by atoms with Gasteiger partial charge in [0.1, 0.15) is 5.78 Å². The van der Waals surface area contributed by atoms with Crippen molar-refractivity contribution in [3.63, 3.8) is 0 Å². The van der Waals surface area contributed by atoms with Gasteiger partial charge >= 0.3 is 0 Å². The number of nitrogens with zero attached hydrogens (tertiary/aromatic N) is 6. The smallest absolute Gasteiger partial charge is 0.234 e. The highest BCUT2D eigenvalue weighted by molar-refractivity contribution is 7.99. The Labute approximate surface area is 215 Å². The van der Waals surface area contributed by atoms with E-state index in [2.05, 4.69) is 38.4 Å². The van der Waals surface area contributed by atoms with Crippen LogP contribution in [0.2, 0.25) is 0 Å². The Morgan fingerprint density at radius 3 is 2.53 bits per heavy atom. The number of H-pyrrole nitrogens is 1. The molecule has 188 valence electrons. The first-order valence-corrected chi connectivity index (χ1v) is 13.7. The number of carbonyl (C=O) groups excluding carboxylic acids is 1. The Hall–Kier alpha value is -2.98. The van der Waals surface area contributed by atoms with E-state index in [1.807, 2.05) is 24.3 Å². The third-order valence-electron chi connectivity index (χ3n) is 7.32. The fourth-order valence-electron chi connectivity index (χ4n) is 4.57. The molecule has 2 aromatic heterocycles. The molecule has 2 saturated carbocycles. The summed E-state index contributed by atoms with van der Waals surface area (Å²) in [5.41, 5.74) is 2.24. The minimum atomic E-state index is 0.294. The number of Topliss-reactive ketones (excluding diaryl/α,β-unsaturated/α-hetero) is 1. The molecule has 2 aliphatic carbocycles. The number of carbonyl (C=O) groups is 1. The van der Waals surface area contributed by atoms with Gasteiger partial charge in [-0.25, -0.2) is 0 Å². The van der Waals surface area contributed by atoms with Crippen LogP contribution in [0, 0.1) is 5.92 Å². The second-order valence-electron chi connectivity index (χ2n) is 10.2. The predicted octanol–water partition coefficient (Wildman–Crippen LogP) is 4.03. The molecule has 1 saturated heterocycles. The molecule has 0 radical (unpaired) electrons. The second-order valence-corrected chi connectivity index (χ2v) is 11.2. The number of anilines is 3. The van der Waals surface area contributed by atoms with Gasteiger partial charge in [0.05, 0.1) is 0 Å². The van der Waals surface area contributed by atoms with Crippen molar-refractivity contribution in [2.24, 2.45) is 5.92 Å². The summed E-state index contributed by atoms with van der Waals surface area (Å²) in [4.78, 5) is 32.0. The molecular formula is C26H32N8OS. The van der Waals surface area contributed by atoms with E-state index in [4.69, 9.17) is 15.0 Å². The predicted molar refractivity (Wildman–Crippen MR) is 140 cm³/mol. The molecule has 0 atom stereocenters.